The molecule has 0 aromatic heterocycles. The molecule has 0 amide bonds. The van der Waals surface area contributed by atoms with Gasteiger partial charge in [-0.2, -0.15) is 0 Å². The molecule has 2 bridgehead atoms. The predicted octanol–water partition coefficient (Wildman–Crippen LogP) is 3.10. The molecule has 1 aliphatic heterocycles. The topological polar surface area (TPSA) is 55.4 Å². The van der Waals surface area contributed by atoms with E-state index in [0.717, 1.165) is 5.56 Å². The third-order valence-corrected chi connectivity index (χ3v) is 5.11. The highest BCUT2D eigenvalue weighted by atomic mass is 35.5. The number of ketones is 1. The van der Waals surface area contributed by atoms with Crippen LogP contribution in [0.4, 0.5) is 0 Å². The van der Waals surface area contributed by atoms with Gasteiger partial charge in [0.25, 0.3) is 0 Å². The number of hydrogen-bond donors (Lipinski definition) is 1. The summed E-state index contributed by atoms with van der Waals surface area (Å²) in [5.41, 5.74) is 1.63. The first-order chi connectivity index (χ1) is 10.6. The number of hydrogen-bond acceptors (Lipinski definition) is 4. The molecule has 2 fully saturated rings. The molecule has 1 aromatic carbocycles. The van der Waals surface area contributed by atoms with Crippen LogP contribution in [0.5, 0.6) is 0 Å². The van der Waals surface area contributed by atoms with Gasteiger partial charge < -0.3 is 10.1 Å². The van der Waals surface area contributed by atoms with Crippen LogP contribution in [0.3, 0.4) is 0 Å². The molecule has 4 nitrogen and oxygen atoms in total. The normalized spacial score (nSPS) is 26.4. The molecule has 0 unspecified atom stereocenters. The summed E-state index contributed by atoms with van der Waals surface area (Å²) in [4.78, 5) is 23.9. The largest absolute Gasteiger partial charge is 0.465 e. The Morgan fingerprint density at radius 3 is 2.48 bits per heavy atom. The van der Waals surface area contributed by atoms with Gasteiger partial charge in [0.15, 0.2) is 5.78 Å². The Kier molecular flexibility index (Phi) is 5.82. The van der Waals surface area contributed by atoms with E-state index >= 15 is 0 Å². The summed E-state index contributed by atoms with van der Waals surface area (Å²) < 4.78 is 4.70. The van der Waals surface area contributed by atoms with Crippen molar-refractivity contribution in [1.29, 1.82) is 0 Å². The lowest BCUT2D eigenvalue weighted by molar-refractivity contribution is -0.122. The number of benzene rings is 1. The van der Waals surface area contributed by atoms with Crippen LogP contribution >= 0.6 is 12.4 Å². The highest BCUT2D eigenvalue weighted by Gasteiger charge is 2.42. The number of methoxy groups -OCH3 is 1. The summed E-state index contributed by atoms with van der Waals surface area (Å²) in [5.74, 6) is 0.713. The van der Waals surface area contributed by atoms with E-state index in [1.54, 1.807) is 12.1 Å². The molecule has 1 saturated heterocycles. The molecule has 3 rings (SSSR count). The van der Waals surface area contributed by atoms with Gasteiger partial charge in [0, 0.05) is 12.5 Å². The number of nitrogens with one attached hydrogen (secondary N) is 1. The summed E-state index contributed by atoms with van der Waals surface area (Å²) in [6.07, 6.45) is 4.13. The number of carbonyl (C=O) groups excluding carboxylic acids is 2. The van der Waals surface area contributed by atoms with E-state index in [1.165, 1.54) is 26.4 Å². The van der Waals surface area contributed by atoms with Gasteiger partial charge in [-0.1, -0.05) is 19.1 Å². The van der Waals surface area contributed by atoms with Crippen molar-refractivity contribution >= 4 is 24.2 Å². The maximum atomic E-state index is 12.5. The third-order valence-electron chi connectivity index (χ3n) is 5.11. The van der Waals surface area contributed by atoms with Gasteiger partial charge in [-0.15, -0.1) is 12.4 Å². The summed E-state index contributed by atoms with van der Waals surface area (Å²) in [6, 6.07) is 7.98. The Morgan fingerprint density at radius 2 is 1.96 bits per heavy atom. The van der Waals surface area contributed by atoms with E-state index < -0.39 is 0 Å². The summed E-state index contributed by atoms with van der Waals surface area (Å²) >= 11 is 0. The van der Waals surface area contributed by atoms with Gasteiger partial charge >= 0.3 is 5.97 Å². The fourth-order valence-corrected chi connectivity index (χ4v) is 3.83. The molecule has 0 spiro atoms. The van der Waals surface area contributed by atoms with Crippen LogP contribution in [0.2, 0.25) is 0 Å². The van der Waals surface area contributed by atoms with Gasteiger partial charge in [-0.25, -0.2) is 4.79 Å². The minimum absolute atomic E-state index is 0. The van der Waals surface area contributed by atoms with Crippen molar-refractivity contribution in [1.82, 2.24) is 5.32 Å². The molecule has 1 aromatic rings. The quantitative estimate of drug-likeness (QED) is 0.839. The van der Waals surface area contributed by atoms with E-state index in [-0.39, 0.29) is 30.3 Å². The Balaban J connectivity index is 0.00000192. The molecule has 23 heavy (non-hydrogen) atoms. The lowest BCUT2D eigenvalue weighted by Gasteiger charge is -2.23. The fourth-order valence-electron chi connectivity index (χ4n) is 3.83. The van der Waals surface area contributed by atoms with E-state index in [9.17, 15) is 9.59 Å². The minimum atomic E-state index is -0.332. The zero-order chi connectivity index (χ0) is 15.7. The molecular weight excluding hydrogens is 314 g/mol. The molecule has 5 heteroatoms. The first kappa shape index (κ1) is 18.0. The average molecular weight is 338 g/mol. The lowest BCUT2D eigenvalue weighted by atomic mass is 9.88. The molecule has 2 aliphatic rings. The average Bonchev–Trinajstić information content (AvgIpc) is 3.17. The van der Waals surface area contributed by atoms with Crippen LogP contribution < -0.4 is 5.32 Å². The van der Waals surface area contributed by atoms with E-state index in [4.69, 9.17) is 4.74 Å². The van der Waals surface area contributed by atoms with Crippen LogP contribution in [0.1, 0.15) is 54.4 Å². The highest BCUT2D eigenvalue weighted by molar-refractivity contribution is 5.89. The summed E-state index contributed by atoms with van der Waals surface area (Å²) in [7, 11) is 1.37. The number of halogens is 1. The van der Waals surface area contributed by atoms with Crippen molar-refractivity contribution in [2.45, 2.75) is 50.6 Å². The molecule has 126 valence electrons. The number of esters is 1. The van der Waals surface area contributed by atoms with Crippen LogP contribution in [0.15, 0.2) is 24.3 Å². The SMILES string of the molecule is COC(=O)c1ccc([C@H](C)CC(=O)[C@@H]2N[C@H]3CC[C@@H]2C3)cc1.Cl. The van der Waals surface area contributed by atoms with Crippen LogP contribution in [-0.4, -0.2) is 30.9 Å². The van der Waals surface area contributed by atoms with Crippen molar-refractivity contribution in [2.75, 3.05) is 7.11 Å². The smallest absolute Gasteiger partial charge is 0.337 e. The van der Waals surface area contributed by atoms with Gasteiger partial charge in [0.2, 0.25) is 0 Å². The number of rotatable bonds is 5. The number of ether oxygens (including phenoxy) is 1. The maximum absolute atomic E-state index is 12.5. The van der Waals surface area contributed by atoms with Gasteiger partial charge in [0.1, 0.15) is 0 Å². The van der Waals surface area contributed by atoms with Crippen molar-refractivity contribution in [3.05, 3.63) is 35.4 Å². The molecular formula is C18H24ClNO3. The number of carbonyl (C=O) groups is 2. The molecule has 1 N–H and O–H groups in total. The molecule has 1 aliphatic carbocycles. The highest BCUT2D eigenvalue weighted by Crippen LogP contribution is 2.36. The number of Topliss-reactive ketones (excluding diaryl/α,β-unsaturated/α-hetero) is 1. The van der Waals surface area contributed by atoms with Gasteiger partial charge in [-0.05, 0) is 48.8 Å². The Morgan fingerprint density at radius 1 is 1.26 bits per heavy atom. The zero-order valence-corrected chi connectivity index (χ0v) is 14.4. The fraction of sp³-hybridized carbons (Fsp3) is 0.556. The Bertz CT molecular complexity index is 572. The summed E-state index contributed by atoms with van der Waals surface area (Å²) in [5, 5.41) is 3.47. The van der Waals surface area contributed by atoms with E-state index in [0.29, 0.717) is 29.7 Å². The summed E-state index contributed by atoms with van der Waals surface area (Å²) in [6.45, 7) is 2.07. The monoisotopic (exact) mass is 337 g/mol. The second kappa shape index (κ2) is 7.45. The van der Waals surface area contributed by atoms with Crippen molar-refractivity contribution < 1.29 is 14.3 Å². The zero-order valence-electron chi connectivity index (χ0n) is 13.6. The maximum Gasteiger partial charge on any atom is 0.337 e. The number of fused-ring (bicyclic) bond motifs is 2. The molecule has 1 saturated carbocycles. The van der Waals surface area contributed by atoms with E-state index in [1.807, 2.05) is 12.1 Å². The van der Waals surface area contributed by atoms with Gasteiger partial charge in [-0.3, -0.25) is 4.79 Å². The Labute approximate surface area is 143 Å². The van der Waals surface area contributed by atoms with Crippen LogP contribution in [-0.2, 0) is 9.53 Å². The molecule has 0 radical (unpaired) electrons. The lowest BCUT2D eigenvalue weighted by Crippen LogP contribution is -2.41. The second-order valence-corrected chi connectivity index (χ2v) is 6.60. The van der Waals surface area contributed by atoms with Crippen molar-refractivity contribution in [3.8, 4) is 0 Å². The van der Waals surface area contributed by atoms with Crippen LogP contribution in [0.25, 0.3) is 0 Å². The second-order valence-electron chi connectivity index (χ2n) is 6.60. The predicted molar refractivity (Wildman–Crippen MR) is 91.1 cm³/mol. The van der Waals surface area contributed by atoms with Crippen LogP contribution in [0, 0.1) is 5.92 Å². The third kappa shape index (κ3) is 3.75. The first-order valence-electron chi connectivity index (χ1n) is 8.05. The van der Waals surface area contributed by atoms with Crippen molar-refractivity contribution in [3.63, 3.8) is 0 Å². The molecule has 1 heterocycles. The minimum Gasteiger partial charge on any atom is -0.465 e. The standard InChI is InChI=1S/C18H23NO3.ClH/c1-11(12-3-5-13(6-4-12)18(21)22-2)9-16(20)17-14-7-8-15(10-14)19-17;/h3-6,11,14-15,17,19H,7-10H2,1-2H3;1H/t11-,14-,15+,17-;/m1./s1. The molecule has 4 atom stereocenters. The first-order valence-corrected chi connectivity index (χ1v) is 8.05. The van der Waals surface area contributed by atoms with Gasteiger partial charge in [0.05, 0.1) is 18.7 Å². The van der Waals surface area contributed by atoms with E-state index in [2.05, 4.69) is 12.2 Å². The van der Waals surface area contributed by atoms with Crippen molar-refractivity contribution in [2.24, 2.45) is 5.92 Å². The number of piperidine rings is 1. The Hall–Kier alpha value is -1.39.